The zero-order valence-electron chi connectivity index (χ0n) is 22.1. The summed E-state index contributed by atoms with van der Waals surface area (Å²) in [5.74, 6) is 0. The van der Waals surface area contributed by atoms with Crippen molar-refractivity contribution in [2.75, 3.05) is 0 Å². The molecule has 0 radical (unpaired) electrons. The predicted molar refractivity (Wildman–Crippen MR) is 168 cm³/mol. The number of nitrogens with zero attached hydrogens (tertiary/aromatic N) is 4. The van der Waals surface area contributed by atoms with Crippen molar-refractivity contribution in [2.45, 2.75) is 0 Å². The van der Waals surface area contributed by atoms with Gasteiger partial charge in [-0.1, -0.05) is 72.8 Å². The Balaban J connectivity index is 1.33. The van der Waals surface area contributed by atoms with Crippen LogP contribution in [0.2, 0.25) is 0 Å². The summed E-state index contributed by atoms with van der Waals surface area (Å²) >= 11 is 0. The van der Waals surface area contributed by atoms with E-state index in [2.05, 4.69) is 124 Å². The molecule has 0 aliphatic rings. The molecule has 0 bridgehead atoms. The minimum absolute atomic E-state index is 0.845. The Bertz CT molecular complexity index is 2160. The van der Waals surface area contributed by atoms with Crippen molar-refractivity contribution in [2.24, 2.45) is 0 Å². The highest BCUT2D eigenvalue weighted by Crippen LogP contribution is 2.35. The third-order valence-electron chi connectivity index (χ3n) is 7.71. The molecule has 4 aromatic heterocycles. The fraction of sp³-hybridized carbons (Fsp3) is 0. The molecule has 0 unspecified atom stereocenters. The number of pyridine rings is 3. The van der Waals surface area contributed by atoms with Crippen molar-refractivity contribution in [1.82, 2.24) is 19.5 Å². The molecule has 0 spiro atoms. The van der Waals surface area contributed by atoms with Crippen LogP contribution in [0.25, 0.3) is 72.0 Å². The van der Waals surface area contributed by atoms with Crippen molar-refractivity contribution >= 4 is 32.6 Å². The van der Waals surface area contributed by atoms with Crippen LogP contribution in [0, 0.1) is 0 Å². The van der Waals surface area contributed by atoms with Crippen LogP contribution in [0.4, 0.5) is 0 Å². The van der Waals surface area contributed by atoms with Crippen LogP contribution < -0.4 is 0 Å². The zero-order chi connectivity index (χ0) is 27.2. The van der Waals surface area contributed by atoms with Gasteiger partial charge in [0.1, 0.15) is 0 Å². The molecule has 8 rings (SSSR count). The van der Waals surface area contributed by atoms with Crippen molar-refractivity contribution in [3.05, 3.63) is 146 Å². The largest absolute Gasteiger partial charge is 0.308 e. The first-order valence-corrected chi connectivity index (χ1v) is 13.7. The molecule has 0 N–H and O–H groups in total. The van der Waals surface area contributed by atoms with Crippen LogP contribution >= 0.6 is 0 Å². The van der Waals surface area contributed by atoms with E-state index in [4.69, 9.17) is 4.98 Å². The fourth-order valence-electron chi connectivity index (χ4n) is 5.76. The van der Waals surface area contributed by atoms with Crippen LogP contribution in [0.5, 0.6) is 0 Å². The van der Waals surface area contributed by atoms with Gasteiger partial charge in [-0.05, 0) is 76.5 Å². The average molecular weight is 525 g/mol. The van der Waals surface area contributed by atoms with E-state index in [1.54, 1.807) is 0 Å². The van der Waals surface area contributed by atoms with Crippen molar-refractivity contribution in [3.63, 3.8) is 0 Å². The molecular weight excluding hydrogens is 500 g/mol. The lowest BCUT2D eigenvalue weighted by molar-refractivity contribution is 1.16. The van der Waals surface area contributed by atoms with Crippen LogP contribution in [-0.2, 0) is 0 Å². The Morgan fingerprint density at radius 2 is 1.29 bits per heavy atom. The molecule has 8 aromatic rings. The summed E-state index contributed by atoms with van der Waals surface area (Å²) in [6.07, 6.45) is 5.62. The molecule has 0 amide bonds. The summed E-state index contributed by atoms with van der Waals surface area (Å²) in [6, 6.07) is 44.5. The molecule has 0 saturated carbocycles. The number of para-hydroxylation sites is 1. The highest BCUT2D eigenvalue weighted by molar-refractivity contribution is 6.09. The van der Waals surface area contributed by atoms with Crippen molar-refractivity contribution in [1.29, 1.82) is 0 Å². The standard InChI is InChI=1S/C37H24N4/c1-2-9-26-20-27(16-15-25(26)8-1)29-22-34(40-35(23-29)33-13-5-6-18-39-33)28-10-7-11-30(21-28)41-36-14-4-3-12-31(36)32-17-19-38-24-37(32)41/h1-24H. The zero-order valence-corrected chi connectivity index (χ0v) is 22.1. The van der Waals surface area contributed by atoms with Gasteiger partial charge in [0.25, 0.3) is 0 Å². The van der Waals surface area contributed by atoms with E-state index in [9.17, 15) is 0 Å². The predicted octanol–water partition coefficient (Wildman–Crippen LogP) is 9.12. The Morgan fingerprint density at radius 3 is 2.22 bits per heavy atom. The van der Waals surface area contributed by atoms with Gasteiger partial charge in [0.15, 0.2) is 0 Å². The average Bonchev–Trinajstić information content (AvgIpc) is 3.39. The first-order chi connectivity index (χ1) is 20.3. The van der Waals surface area contributed by atoms with Gasteiger partial charge in [-0.3, -0.25) is 9.97 Å². The van der Waals surface area contributed by atoms with Crippen molar-refractivity contribution < 1.29 is 0 Å². The quantitative estimate of drug-likeness (QED) is 0.231. The third-order valence-corrected chi connectivity index (χ3v) is 7.71. The minimum Gasteiger partial charge on any atom is -0.308 e. The van der Waals surface area contributed by atoms with Crippen LogP contribution in [0.1, 0.15) is 0 Å². The molecule has 0 aliphatic heterocycles. The third kappa shape index (κ3) is 4.05. The van der Waals surface area contributed by atoms with Gasteiger partial charge in [-0.25, -0.2) is 4.98 Å². The molecule has 0 saturated heterocycles. The maximum Gasteiger partial charge on any atom is 0.0899 e. The molecule has 0 fully saturated rings. The van der Waals surface area contributed by atoms with Gasteiger partial charge in [-0.15, -0.1) is 0 Å². The number of rotatable bonds is 4. The number of benzene rings is 4. The molecule has 192 valence electrons. The van der Waals surface area contributed by atoms with E-state index in [-0.39, 0.29) is 0 Å². The van der Waals surface area contributed by atoms with Crippen LogP contribution in [0.3, 0.4) is 0 Å². The first kappa shape index (κ1) is 23.3. The monoisotopic (exact) mass is 524 g/mol. The molecule has 4 heteroatoms. The lowest BCUT2D eigenvalue weighted by atomic mass is 9.98. The molecule has 4 nitrogen and oxygen atoms in total. The molecular formula is C37H24N4. The second-order valence-electron chi connectivity index (χ2n) is 10.2. The van der Waals surface area contributed by atoms with Gasteiger partial charge >= 0.3 is 0 Å². The Hall–Kier alpha value is -5.61. The van der Waals surface area contributed by atoms with E-state index in [0.717, 1.165) is 50.5 Å². The number of aromatic nitrogens is 4. The van der Waals surface area contributed by atoms with Crippen molar-refractivity contribution in [3.8, 4) is 39.5 Å². The smallest absolute Gasteiger partial charge is 0.0899 e. The van der Waals surface area contributed by atoms with E-state index in [1.807, 2.05) is 36.8 Å². The summed E-state index contributed by atoms with van der Waals surface area (Å²) in [7, 11) is 0. The highest BCUT2D eigenvalue weighted by atomic mass is 15.0. The maximum atomic E-state index is 5.12. The SMILES string of the molecule is c1ccc(-c2cc(-c3ccc4ccccc4c3)cc(-c3cccc(-n4c5ccccc5c5ccncc54)c3)n2)nc1. The van der Waals surface area contributed by atoms with Gasteiger partial charge in [0.05, 0.1) is 34.3 Å². The van der Waals surface area contributed by atoms with E-state index < -0.39 is 0 Å². The molecule has 4 heterocycles. The second kappa shape index (κ2) is 9.54. The number of hydrogen-bond donors (Lipinski definition) is 0. The topological polar surface area (TPSA) is 43.6 Å². The number of hydrogen-bond acceptors (Lipinski definition) is 3. The van der Waals surface area contributed by atoms with Gasteiger partial charge in [-0.2, -0.15) is 0 Å². The summed E-state index contributed by atoms with van der Waals surface area (Å²) < 4.78 is 2.29. The normalized spacial score (nSPS) is 11.4. The first-order valence-electron chi connectivity index (χ1n) is 13.7. The van der Waals surface area contributed by atoms with Gasteiger partial charge in [0.2, 0.25) is 0 Å². The summed E-state index contributed by atoms with van der Waals surface area (Å²) in [5.41, 5.74) is 9.19. The lowest BCUT2D eigenvalue weighted by Gasteiger charge is -2.13. The van der Waals surface area contributed by atoms with Gasteiger partial charge in [0, 0.05) is 34.4 Å². The fourth-order valence-corrected chi connectivity index (χ4v) is 5.76. The molecule has 41 heavy (non-hydrogen) atoms. The van der Waals surface area contributed by atoms with Crippen LogP contribution in [-0.4, -0.2) is 19.5 Å². The maximum absolute atomic E-state index is 5.12. The summed E-state index contributed by atoms with van der Waals surface area (Å²) in [5, 5.41) is 4.84. The summed E-state index contributed by atoms with van der Waals surface area (Å²) in [6.45, 7) is 0. The second-order valence-corrected chi connectivity index (χ2v) is 10.2. The van der Waals surface area contributed by atoms with Gasteiger partial charge < -0.3 is 4.57 Å². The molecule has 0 aliphatic carbocycles. The van der Waals surface area contributed by atoms with E-state index in [1.165, 1.54) is 21.5 Å². The Morgan fingerprint density at radius 1 is 0.463 bits per heavy atom. The van der Waals surface area contributed by atoms with Crippen LogP contribution in [0.15, 0.2) is 146 Å². The minimum atomic E-state index is 0.845. The van der Waals surface area contributed by atoms with E-state index in [0.29, 0.717) is 0 Å². The van der Waals surface area contributed by atoms with E-state index >= 15 is 0 Å². The number of fused-ring (bicyclic) bond motifs is 4. The Kier molecular flexibility index (Phi) is 5.42. The lowest BCUT2D eigenvalue weighted by Crippen LogP contribution is -1.96. The molecule has 0 atom stereocenters. The summed E-state index contributed by atoms with van der Waals surface area (Å²) in [4.78, 5) is 14.2. The molecule has 4 aromatic carbocycles. The Labute approximate surface area is 237 Å². The highest BCUT2D eigenvalue weighted by Gasteiger charge is 2.14.